The van der Waals surface area contributed by atoms with Crippen LogP contribution in [0.4, 0.5) is 5.69 Å². The van der Waals surface area contributed by atoms with Gasteiger partial charge in [0.1, 0.15) is 0 Å². The van der Waals surface area contributed by atoms with Crippen molar-refractivity contribution in [2.45, 2.75) is 5.16 Å². The first-order chi connectivity index (χ1) is 14.9. The number of carbonyl (C=O) groups is 1. The molecule has 0 atom stereocenters. The molecule has 0 bridgehead atoms. The van der Waals surface area contributed by atoms with Crippen molar-refractivity contribution >= 4 is 69.1 Å². The van der Waals surface area contributed by atoms with Gasteiger partial charge in [-0.3, -0.25) is 14.2 Å². The average Bonchev–Trinajstić information content (AvgIpc) is 2.72. The normalized spacial score (nSPS) is 10.9. The summed E-state index contributed by atoms with van der Waals surface area (Å²) in [6.07, 6.45) is 0. The van der Waals surface area contributed by atoms with Crippen LogP contribution in [0.25, 0.3) is 16.6 Å². The van der Waals surface area contributed by atoms with Gasteiger partial charge in [-0.1, -0.05) is 70.8 Å². The third-order valence-corrected chi connectivity index (χ3v) is 6.01. The van der Waals surface area contributed by atoms with E-state index >= 15 is 0 Å². The lowest BCUT2D eigenvalue weighted by molar-refractivity contribution is -0.113. The molecule has 0 aliphatic rings. The van der Waals surface area contributed by atoms with Crippen LogP contribution < -0.4 is 10.9 Å². The minimum Gasteiger partial charge on any atom is -0.325 e. The van der Waals surface area contributed by atoms with E-state index < -0.39 is 0 Å². The molecule has 0 radical (unpaired) electrons. The molecule has 31 heavy (non-hydrogen) atoms. The number of fused-ring (bicyclic) bond motifs is 1. The largest absolute Gasteiger partial charge is 0.325 e. The molecule has 0 spiro atoms. The molecule has 0 saturated heterocycles. The Bertz CT molecular complexity index is 1340. The summed E-state index contributed by atoms with van der Waals surface area (Å²) in [4.78, 5) is 30.4. The van der Waals surface area contributed by atoms with Crippen molar-refractivity contribution in [3.63, 3.8) is 0 Å². The molecule has 1 aromatic heterocycles. The third kappa shape index (κ3) is 4.88. The van der Waals surface area contributed by atoms with E-state index in [1.807, 2.05) is 0 Å². The van der Waals surface area contributed by atoms with Crippen molar-refractivity contribution in [1.29, 1.82) is 0 Å². The second-order valence-electron chi connectivity index (χ2n) is 6.50. The van der Waals surface area contributed by atoms with Gasteiger partial charge in [0.15, 0.2) is 5.16 Å². The molecular formula is C22H14Cl3N3O2S. The maximum absolute atomic E-state index is 13.2. The highest BCUT2D eigenvalue weighted by Gasteiger charge is 2.16. The van der Waals surface area contributed by atoms with Gasteiger partial charge in [-0.05, 0) is 42.5 Å². The van der Waals surface area contributed by atoms with Crippen LogP contribution >= 0.6 is 46.6 Å². The SMILES string of the molecule is O=C(CSc1nc2ccccc2c(=O)n1-c1ccccc1Cl)Nc1cc(Cl)cc(Cl)c1. The second kappa shape index (κ2) is 9.32. The molecule has 0 unspecified atom stereocenters. The Morgan fingerprint density at radius 1 is 0.968 bits per heavy atom. The number of halogens is 3. The molecule has 3 aromatic carbocycles. The Morgan fingerprint density at radius 2 is 1.65 bits per heavy atom. The fourth-order valence-electron chi connectivity index (χ4n) is 3.01. The molecule has 156 valence electrons. The lowest BCUT2D eigenvalue weighted by Gasteiger charge is -2.14. The molecule has 0 aliphatic carbocycles. The Labute approximate surface area is 197 Å². The predicted octanol–water partition coefficient (Wildman–Crippen LogP) is 6.08. The number of hydrogen-bond acceptors (Lipinski definition) is 4. The maximum Gasteiger partial charge on any atom is 0.266 e. The van der Waals surface area contributed by atoms with Gasteiger partial charge in [-0.15, -0.1) is 0 Å². The van der Waals surface area contributed by atoms with Gasteiger partial charge in [0.25, 0.3) is 5.56 Å². The molecular weight excluding hydrogens is 477 g/mol. The first-order valence-corrected chi connectivity index (χ1v) is 11.2. The van der Waals surface area contributed by atoms with Crippen LogP contribution in [0.5, 0.6) is 0 Å². The van der Waals surface area contributed by atoms with E-state index in [4.69, 9.17) is 34.8 Å². The van der Waals surface area contributed by atoms with Crippen molar-refractivity contribution in [2.75, 3.05) is 11.1 Å². The van der Waals surface area contributed by atoms with Crippen molar-refractivity contribution < 1.29 is 4.79 Å². The smallest absolute Gasteiger partial charge is 0.266 e. The molecule has 5 nitrogen and oxygen atoms in total. The van der Waals surface area contributed by atoms with E-state index in [0.717, 1.165) is 11.8 Å². The number of rotatable bonds is 5. The van der Waals surface area contributed by atoms with Crippen LogP contribution in [0, 0.1) is 0 Å². The van der Waals surface area contributed by atoms with E-state index in [2.05, 4.69) is 10.3 Å². The summed E-state index contributed by atoms with van der Waals surface area (Å²) in [7, 11) is 0. The topological polar surface area (TPSA) is 64.0 Å². The molecule has 0 aliphatic heterocycles. The molecule has 9 heteroatoms. The molecule has 4 rings (SSSR count). The maximum atomic E-state index is 13.2. The van der Waals surface area contributed by atoms with E-state index in [-0.39, 0.29) is 17.2 Å². The highest BCUT2D eigenvalue weighted by molar-refractivity contribution is 7.99. The van der Waals surface area contributed by atoms with E-state index in [1.165, 1.54) is 4.57 Å². The number of carbonyl (C=O) groups excluding carboxylic acids is 1. The highest BCUT2D eigenvalue weighted by atomic mass is 35.5. The average molecular weight is 491 g/mol. The number of nitrogens with one attached hydrogen (secondary N) is 1. The lowest BCUT2D eigenvalue weighted by atomic mass is 10.2. The van der Waals surface area contributed by atoms with Gasteiger partial charge in [0, 0.05) is 15.7 Å². The van der Waals surface area contributed by atoms with E-state index in [1.54, 1.807) is 66.7 Å². The molecule has 1 N–H and O–H groups in total. The third-order valence-electron chi connectivity index (χ3n) is 4.32. The zero-order chi connectivity index (χ0) is 22.0. The summed E-state index contributed by atoms with van der Waals surface area (Å²) in [6.45, 7) is 0. The Balaban J connectivity index is 1.68. The van der Waals surface area contributed by atoms with Gasteiger partial charge in [-0.2, -0.15) is 0 Å². The number of anilines is 1. The molecule has 0 saturated carbocycles. The van der Waals surface area contributed by atoms with E-state index in [0.29, 0.717) is 42.5 Å². The molecule has 1 amide bonds. The number of nitrogens with zero attached hydrogens (tertiary/aromatic N) is 2. The van der Waals surface area contributed by atoms with Crippen molar-refractivity contribution in [2.24, 2.45) is 0 Å². The molecule has 0 fully saturated rings. The zero-order valence-corrected chi connectivity index (χ0v) is 18.9. The molecule has 4 aromatic rings. The van der Waals surface area contributed by atoms with Crippen molar-refractivity contribution in [1.82, 2.24) is 9.55 Å². The quantitative estimate of drug-likeness (QED) is 0.272. The van der Waals surface area contributed by atoms with Crippen LogP contribution in [0.15, 0.2) is 76.7 Å². The van der Waals surface area contributed by atoms with Crippen LogP contribution in [-0.2, 0) is 4.79 Å². The Morgan fingerprint density at radius 3 is 2.39 bits per heavy atom. The minimum absolute atomic E-state index is 0.0133. The summed E-state index contributed by atoms with van der Waals surface area (Å²) in [5.41, 5.74) is 1.26. The first kappa shape index (κ1) is 21.7. The van der Waals surface area contributed by atoms with Gasteiger partial charge >= 0.3 is 0 Å². The summed E-state index contributed by atoms with van der Waals surface area (Å²) >= 11 is 19.4. The Kier molecular flexibility index (Phi) is 6.53. The number of amides is 1. The first-order valence-electron chi connectivity index (χ1n) is 9.08. The highest BCUT2D eigenvalue weighted by Crippen LogP contribution is 2.26. The predicted molar refractivity (Wildman–Crippen MR) is 128 cm³/mol. The number of para-hydroxylation sites is 2. The van der Waals surface area contributed by atoms with Crippen LogP contribution in [-0.4, -0.2) is 21.2 Å². The standard InChI is InChI=1S/C22H14Cl3N3O2S/c23-13-9-14(24)11-15(10-13)26-20(29)12-31-22-27-18-7-3-1-5-16(18)21(30)28(22)19-8-4-2-6-17(19)25/h1-11H,12H2,(H,26,29). The number of hydrogen-bond donors (Lipinski definition) is 1. The van der Waals surface area contributed by atoms with Gasteiger partial charge in [0.05, 0.1) is 27.4 Å². The fraction of sp³-hybridized carbons (Fsp3) is 0.0455. The number of aromatic nitrogens is 2. The second-order valence-corrected chi connectivity index (χ2v) is 8.72. The molecule has 1 heterocycles. The Hall–Kier alpha value is -2.51. The monoisotopic (exact) mass is 489 g/mol. The minimum atomic E-state index is -0.295. The zero-order valence-electron chi connectivity index (χ0n) is 15.8. The van der Waals surface area contributed by atoms with Crippen LogP contribution in [0.1, 0.15) is 0 Å². The van der Waals surface area contributed by atoms with Crippen molar-refractivity contribution in [3.8, 4) is 5.69 Å². The summed E-state index contributed by atoms with van der Waals surface area (Å²) < 4.78 is 1.43. The number of thioether (sulfide) groups is 1. The van der Waals surface area contributed by atoms with E-state index in [9.17, 15) is 9.59 Å². The summed E-state index contributed by atoms with van der Waals surface area (Å²) in [5.74, 6) is -0.282. The van der Waals surface area contributed by atoms with Gasteiger partial charge in [-0.25, -0.2) is 4.98 Å². The van der Waals surface area contributed by atoms with Gasteiger partial charge < -0.3 is 5.32 Å². The summed E-state index contributed by atoms with van der Waals surface area (Å²) in [6, 6.07) is 18.8. The van der Waals surface area contributed by atoms with Crippen LogP contribution in [0.3, 0.4) is 0 Å². The summed E-state index contributed by atoms with van der Waals surface area (Å²) in [5, 5.41) is 4.80. The number of benzene rings is 3. The lowest BCUT2D eigenvalue weighted by Crippen LogP contribution is -2.23. The van der Waals surface area contributed by atoms with Crippen LogP contribution in [0.2, 0.25) is 15.1 Å². The van der Waals surface area contributed by atoms with Crippen molar-refractivity contribution in [3.05, 3.63) is 92.2 Å². The van der Waals surface area contributed by atoms with Gasteiger partial charge in [0.2, 0.25) is 5.91 Å². The fourth-order valence-corrected chi connectivity index (χ4v) is 4.56.